The van der Waals surface area contributed by atoms with Gasteiger partial charge in [0.05, 0.1) is 18.0 Å². The minimum absolute atomic E-state index is 0.187. The average Bonchev–Trinajstić information content (AvgIpc) is 3.18. The number of hydrogen-bond donors (Lipinski definition) is 2. The van der Waals surface area contributed by atoms with Crippen LogP contribution in [0.2, 0.25) is 0 Å². The molecule has 3 rings (SSSR count). The van der Waals surface area contributed by atoms with Gasteiger partial charge in [0.1, 0.15) is 0 Å². The Hall–Kier alpha value is -3.39. The van der Waals surface area contributed by atoms with Crippen molar-refractivity contribution in [1.29, 1.82) is 0 Å². The first kappa shape index (κ1) is 22.3. The third kappa shape index (κ3) is 6.55. The van der Waals surface area contributed by atoms with Crippen molar-refractivity contribution in [3.63, 3.8) is 0 Å². The van der Waals surface area contributed by atoms with Crippen molar-refractivity contribution in [2.24, 2.45) is 5.10 Å². The number of nitrogens with one attached hydrogen (secondary N) is 2. The van der Waals surface area contributed by atoms with Gasteiger partial charge < -0.3 is 9.88 Å². The molecule has 2 N–H and O–H groups in total. The van der Waals surface area contributed by atoms with E-state index in [0.29, 0.717) is 18.2 Å². The number of hydrazone groups is 1. The number of thioether (sulfide) groups is 1. The largest absolute Gasteiger partial charge is 0.378 e. The molecule has 0 spiro atoms. The van der Waals surface area contributed by atoms with Crippen LogP contribution in [-0.2, 0) is 17.9 Å². The van der Waals surface area contributed by atoms with Crippen LogP contribution < -0.4 is 10.7 Å². The SMILES string of the molecule is C=CCn1c(CNc2ccc(C)cc2)nnc1SCC(=O)N/N=C(\C)c1ccccc1. The van der Waals surface area contributed by atoms with E-state index in [1.54, 1.807) is 6.08 Å². The zero-order valence-corrected chi connectivity index (χ0v) is 18.5. The van der Waals surface area contributed by atoms with Gasteiger partial charge >= 0.3 is 0 Å². The summed E-state index contributed by atoms with van der Waals surface area (Å²) in [4.78, 5) is 12.2. The topological polar surface area (TPSA) is 84.2 Å². The lowest BCUT2D eigenvalue weighted by Crippen LogP contribution is -2.21. The highest BCUT2D eigenvalue weighted by Gasteiger charge is 2.13. The number of carbonyl (C=O) groups excluding carboxylic acids is 1. The molecule has 0 radical (unpaired) electrons. The summed E-state index contributed by atoms with van der Waals surface area (Å²) in [5, 5.41) is 16.7. The summed E-state index contributed by atoms with van der Waals surface area (Å²) in [6.07, 6.45) is 1.79. The van der Waals surface area contributed by atoms with Gasteiger partial charge in [0, 0.05) is 12.2 Å². The number of amides is 1. The normalized spacial score (nSPS) is 11.2. The number of carbonyl (C=O) groups is 1. The maximum Gasteiger partial charge on any atom is 0.250 e. The van der Waals surface area contributed by atoms with Gasteiger partial charge in [-0.05, 0) is 31.5 Å². The fourth-order valence-electron chi connectivity index (χ4n) is 2.77. The van der Waals surface area contributed by atoms with E-state index in [4.69, 9.17) is 0 Å². The van der Waals surface area contributed by atoms with Crippen molar-refractivity contribution in [3.8, 4) is 0 Å². The lowest BCUT2D eigenvalue weighted by atomic mass is 10.1. The molecule has 0 unspecified atom stereocenters. The smallest absolute Gasteiger partial charge is 0.250 e. The van der Waals surface area contributed by atoms with Crippen LogP contribution in [0.4, 0.5) is 5.69 Å². The third-order valence-electron chi connectivity index (χ3n) is 4.48. The Balaban J connectivity index is 1.57. The summed E-state index contributed by atoms with van der Waals surface area (Å²) in [6.45, 7) is 8.82. The minimum Gasteiger partial charge on any atom is -0.378 e. The molecule has 8 heteroatoms. The number of allylic oxidation sites excluding steroid dienone is 1. The number of aromatic nitrogens is 3. The Labute approximate surface area is 186 Å². The summed E-state index contributed by atoms with van der Waals surface area (Å²) in [5.41, 5.74) is 6.53. The molecule has 0 aliphatic heterocycles. The van der Waals surface area contributed by atoms with E-state index in [0.717, 1.165) is 22.8 Å². The predicted octanol–water partition coefficient (Wildman–Crippen LogP) is 4.02. The number of aryl methyl sites for hydroxylation is 1. The molecular weight excluding hydrogens is 408 g/mol. The predicted molar refractivity (Wildman–Crippen MR) is 126 cm³/mol. The second-order valence-corrected chi connectivity index (χ2v) is 7.85. The van der Waals surface area contributed by atoms with Crippen LogP contribution in [0.15, 0.2) is 77.5 Å². The molecular formula is C23H26N6OS. The summed E-state index contributed by atoms with van der Waals surface area (Å²) in [7, 11) is 0. The van der Waals surface area contributed by atoms with Gasteiger partial charge in [-0.1, -0.05) is 65.9 Å². The lowest BCUT2D eigenvalue weighted by molar-refractivity contribution is -0.118. The Morgan fingerprint density at radius 1 is 1.16 bits per heavy atom. The van der Waals surface area contributed by atoms with Gasteiger partial charge in [-0.15, -0.1) is 16.8 Å². The van der Waals surface area contributed by atoms with Crippen molar-refractivity contribution in [1.82, 2.24) is 20.2 Å². The van der Waals surface area contributed by atoms with Crippen LogP contribution in [0.25, 0.3) is 0 Å². The van der Waals surface area contributed by atoms with Crippen molar-refractivity contribution >= 4 is 29.1 Å². The molecule has 7 nitrogen and oxygen atoms in total. The van der Waals surface area contributed by atoms with Crippen LogP contribution >= 0.6 is 11.8 Å². The van der Waals surface area contributed by atoms with Gasteiger partial charge in [0.15, 0.2) is 11.0 Å². The highest BCUT2D eigenvalue weighted by atomic mass is 32.2. The average molecular weight is 435 g/mol. The maximum absolute atomic E-state index is 12.2. The second-order valence-electron chi connectivity index (χ2n) is 6.90. The molecule has 0 bridgehead atoms. The number of nitrogens with zero attached hydrogens (tertiary/aromatic N) is 4. The molecule has 160 valence electrons. The van der Waals surface area contributed by atoms with Crippen molar-refractivity contribution in [2.75, 3.05) is 11.1 Å². The Bertz CT molecular complexity index is 1040. The first-order valence-corrected chi connectivity index (χ1v) is 10.9. The molecule has 2 aromatic carbocycles. The highest BCUT2D eigenvalue weighted by Crippen LogP contribution is 2.18. The zero-order chi connectivity index (χ0) is 22.1. The molecule has 0 aliphatic rings. The van der Waals surface area contributed by atoms with Gasteiger partial charge in [-0.3, -0.25) is 4.79 Å². The molecule has 0 fully saturated rings. The Morgan fingerprint density at radius 3 is 2.61 bits per heavy atom. The van der Waals surface area contributed by atoms with Crippen LogP contribution in [0.1, 0.15) is 23.9 Å². The molecule has 1 heterocycles. The van der Waals surface area contributed by atoms with Crippen molar-refractivity contribution in [3.05, 3.63) is 84.2 Å². The van der Waals surface area contributed by atoms with E-state index in [1.165, 1.54) is 17.3 Å². The van der Waals surface area contributed by atoms with Crippen LogP contribution in [0, 0.1) is 6.92 Å². The monoisotopic (exact) mass is 434 g/mol. The van der Waals surface area contributed by atoms with E-state index in [9.17, 15) is 4.79 Å². The van der Waals surface area contributed by atoms with Gasteiger partial charge in [0.2, 0.25) is 0 Å². The zero-order valence-electron chi connectivity index (χ0n) is 17.7. The molecule has 0 aliphatic carbocycles. The molecule has 1 amide bonds. The summed E-state index contributed by atoms with van der Waals surface area (Å²) in [5.74, 6) is 0.765. The van der Waals surface area contributed by atoms with Crippen molar-refractivity contribution < 1.29 is 4.79 Å². The maximum atomic E-state index is 12.2. The fraction of sp³-hybridized carbons (Fsp3) is 0.217. The van der Waals surface area contributed by atoms with Gasteiger partial charge in [0.25, 0.3) is 5.91 Å². The van der Waals surface area contributed by atoms with E-state index in [1.807, 2.05) is 54.0 Å². The first-order chi connectivity index (χ1) is 15.1. The molecule has 0 atom stereocenters. The molecule has 0 saturated heterocycles. The van der Waals surface area contributed by atoms with E-state index in [-0.39, 0.29) is 11.7 Å². The minimum atomic E-state index is -0.201. The third-order valence-corrected chi connectivity index (χ3v) is 5.45. The Morgan fingerprint density at radius 2 is 1.90 bits per heavy atom. The van der Waals surface area contributed by atoms with Gasteiger partial charge in [-0.2, -0.15) is 5.10 Å². The number of anilines is 1. The second kappa shape index (κ2) is 11.1. The number of rotatable bonds is 10. The summed E-state index contributed by atoms with van der Waals surface area (Å²) in [6, 6.07) is 17.9. The Kier molecular flexibility index (Phi) is 8.00. The molecule has 1 aromatic heterocycles. The van der Waals surface area contributed by atoms with E-state index >= 15 is 0 Å². The summed E-state index contributed by atoms with van der Waals surface area (Å²) >= 11 is 1.32. The highest BCUT2D eigenvalue weighted by molar-refractivity contribution is 7.99. The lowest BCUT2D eigenvalue weighted by Gasteiger charge is -2.09. The summed E-state index contributed by atoms with van der Waals surface area (Å²) < 4.78 is 1.95. The quantitative estimate of drug-likeness (QED) is 0.218. The van der Waals surface area contributed by atoms with Crippen LogP contribution in [-0.4, -0.2) is 32.1 Å². The van der Waals surface area contributed by atoms with E-state index < -0.39 is 0 Å². The fourth-order valence-corrected chi connectivity index (χ4v) is 3.53. The van der Waals surface area contributed by atoms with Gasteiger partial charge in [-0.25, -0.2) is 5.43 Å². The number of hydrogen-bond acceptors (Lipinski definition) is 6. The van der Waals surface area contributed by atoms with Crippen molar-refractivity contribution in [2.45, 2.75) is 32.1 Å². The number of benzene rings is 2. The standard InChI is InChI=1S/C23H26N6OS/c1-4-14-29-21(15-24-20-12-10-17(2)11-13-20)26-28-23(29)31-16-22(30)27-25-18(3)19-8-6-5-7-9-19/h4-13,24H,1,14-16H2,2-3H3,(H,27,30)/b25-18+. The molecule has 3 aromatic rings. The van der Waals surface area contributed by atoms with E-state index in [2.05, 4.69) is 51.7 Å². The van der Waals surface area contributed by atoms with Crippen LogP contribution in [0.5, 0.6) is 0 Å². The van der Waals surface area contributed by atoms with Crippen LogP contribution in [0.3, 0.4) is 0 Å². The molecule has 31 heavy (non-hydrogen) atoms. The first-order valence-electron chi connectivity index (χ1n) is 9.91. The molecule has 0 saturated carbocycles.